The lowest BCUT2D eigenvalue weighted by molar-refractivity contribution is -0.166. The molecule has 0 aliphatic heterocycles. The molecular weight excluding hydrogens is 623 g/mol. The van der Waals surface area contributed by atoms with Gasteiger partial charge in [0.1, 0.15) is 12.2 Å². The van der Waals surface area contributed by atoms with Crippen LogP contribution in [0.3, 0.4) is 0 Å². The molecule has 5 rings (SSSR count). The third-order valence-electron chi connectivity index (χ3n) is 6.49. The molecule has 3 N–H and O–H groups in total. The monoisotopic (exact) mass is 655 g/mol. The number of hydrogen-bond donors (Lipinski definition) is 3. The maximum atomic E-state index is 11.7. The van der Waals surface area contributed by atoms with Crippen LogP contribution >= 0.6 is 0 Å². The van der Waals surface area contributed by atoms with Crippen LogP contribution in [0.1, 0.15) is 17.5 Å². The molecule has 0 atom stereocenters. The molecule has 0 aliphatic rings. The zero-order valence-electron chi connectivity index (χ0n) is 25.2. The predicted molar refractivity (Wildman–Crippen MR) is 171 cm³/mol. The third kappa shape index (κ3) is 9.92. The summed E-state index contributed by atoms with van der Waals surface area (Å²) in [7, 11) is 0.817. The Morgan fingerprint density at radius 1 is 0.978 bits per heavy atom. The van der Waals surface area contributed by atoms with E-state index in [1.165, 1.54) is 11.8 Å². The summed E-state index contributed by atoms with van der Waals surface area (Å²) in [6, 6.07) is 25.4. The van der Waals surface area contributed by atoms with Crippen LogP contribution in [0.15, 0.2) is 85.1 Å². The SMILES string of the molecule is CN(c1ccc2c(c1)nc(NCc1ccccc1)n2C)c1ccnc(Nc2cccc(CS(C)(=O)=O)c2)n1.O=C(O)CC(F)(F)F. The van der Waals surface area contributed by atoms with Crippen molar-refractivity contribution in [2.24, 2.45) is 7.05 Å². The molecular formula is C31H32F3N7O4S. The van der Waals surface area contributed by atoms with Gasteiger partial charge in [0.05, 0.1) is 16.8 Å². The summed E-state index contributed by atoms with van der Waals surface area (Å²) in [6.07, 6.45) is -3.43. The number of hydrogen-bond acceptors (Lipinski definition) is 9. The number of alkyl halides is 3. The lowest BCUT2D eigenvalue weighted by Gasteiger charge is -2.19. The van der Waals surface area contributed by atoms with Gasteiger partial charge >= 0.3 is 12.1 Å². The number of halogens is 3. The lowest BCUT2D eigenvalue weighted by atomic mass is 10.2. The normalized spacial score (nSPS) is 11.4. The number of carbonyl (C=O) groups is 1. The molecule has 2 heterocycles. The summed E-state index contributed by atoms with van der Waals surface area (Å²) < 4.78 is 58.1. The van der Waals surface area contributed by atoms with Gasteiger partial charge in [-0.3, -0.25) is 4.79 Å². The molecule has 15 heteroatoms. The highest BCUT2D eigenvalue weighted by atomic mass is 32.2. The topological polar surface area (TPSA) is 142 Å². The molecule has 0 bridgehead atoms. The van der Waals surface area contributed by atoms with Crippen LogP contribution in [-0.4, -0.2) is 58.5 Å². The minimum atomic E-state index is -4.58. The van der Waals surface area contributed by atoms with Crippen molar-refractivity contribution in [3.8, 4) is 0 Å². The minimum absolute atomic E-state index is 0.0222. The quantitative estimate of drug-likeness (QED) is 0.163. The Balaban J connectivity index is 0.000000533. The Kier molecular flexibility index (Phi) is 10.5. The molecule has 3 aromatic carbocycles. The summed E-state index contributed by atoms with van der Waals surface area (Å²) in [5.74, 6) is 0.0449. The fraction of sp³-hybridized carbons (Fsp3) is 0.226. The number of nitrogens with zero attached hydrogens (tertiary/aromatic N) is 5. The zero-order chi connectivity index (χ0) is 33.5. The van der Waals surface area contributed by atoms with Gasteiger partial charge in [0.2, 0.25) is 11.9 Å². The summed E-state index contributed by atoms with van der Waals surface area (Å²) in [5, 5.41) is 14.1. The van der Waals surface area contributed by atoms with Crippen molar-refractivity contribution in [3.63, 3.8) is 0 Å². The number of carboxylic acids is 1. The van der Waals surface area contributed by atoms with Crippen molar-refractivity contribution in [3.05, 3.63) is 96.2 Å². The summed E-state index contributed by atoms with van der Waals surface area (Å²) in [4.78, 5) is 25.1. The molecule has 0 fully saturated rings. The first-order valence-corrected chi connectivity index (χ1v) is 15.9. The number of nitrogens with one attached hydrogen (secondary N) is 2. The van der Waals surface area contributed by atoms with Crippen molar-refractivity contribution in [1.82, 2.24) is 19.5 Å². The van der Waals surface area contributed by atoms with Crippen LogP contribution in [0.25, 0.3) is 11.0 Å². The van der Waals surface area contributed by atoms with Crippen LogP contribution in [0.5, 0.6) is 0 Å². The highest BCUT2D eigenvalue weighted by Gasteiger charge is 2.30. The number of carboxylic acid groups (broad SMARTS) is 1. The van der Waals surface area contributed by atoms with Gasteiger partial charge in [0, 0.05) is 44.5 Å². The van der Waals surface area contributed by atoms with E-state index < -0.39 is 28.4 Å². The van der Waals surface area contributed by atoms with Crippen molar-refractivity contribution < 1.29 is 31.5 Å². The molecule has 0 saturated heterocycles. The summed E-state index contributed by atoms with van der Waals surface area (Å²) in [6.45, 7) is 0.693. The van der Waals surface area contributed by atoms with Gasteiger partial charge in [0.15, 0.2) is 9.84 Å². The number of sulfone groups is 1. The lowest BCUT2D eigenvalue weighted by Crippen LogP contribution is -2.13. The number of aromatic nitrogens is 4. The standard InChI is InChI=1S/C28H29N7O2S.C3H3F3O2/c1-34(26-14-15-29-27(33-26)31-22-11-7-10-21(16-22)19-38(3,36)37)23-12-13-25-24(17-23)32-28(35(25)2)30-18-20-8-5-4-6-9-20;4-3(5,6)1-2(7)8/h4-17H,18-19H2,1-3H3,(H,30,32)(H,29,31,33);1H2,(H,7,8). The molecule has 0 amide bonds. The van der Waals surface area contributed by atoms with Crippen molar-refractivity contribution in [1.29, 1.82) is 0 Å². The van der Waals surface area contributed by atoms with E-state index in [0.717, 1.165) is 28.4 Å². The molecule has 0 saturated carbocycles. The second-order valence-corrected chi connectivity index (χ2v) is 12.5. The fourth-order valence-corrected chi connectivity index (χ4v) is 5.19. The van der Waals surface area contributed by atoms with E-state index in [1.807, 2.05) is 72.1 Å². The van der Waals surface area contributed by atoms with Gasteiger partial charge < -0.3 is 25.2 Å². The molecule has 11 nitrogen and oxygen atoms in total. The number of imidazole rings is 1. The van der Waals surface area contributed by atoms with Gasteiger partial charge in [-0.25, -0.2) is 18.4 Å². The van der Waals surface area contributed by atoms with E-state index >= 15 is 0 Å². The minimum Gasteiger partial charge on any atom is -0.481 e. The zero-order valence-corrected chi connectivity index (χ0v) is 26.0. The number of aliphatic carboxylic acids is 1. The number of aryl methyl sites for hydroxylation is 1. The molecule has 242 valence electrons. The van der Waals surface area contributed by atoms with Gasteiger partial charge in [0.25, 0.3) is 0 Å². The molecule has 0 spiro atoms. The van der Waals surface area contributed by atoms with Crippen LogP contribution < -0.4 is 15.5 Å². The number of benzene rings is 3. The van der Waals surface area contributed by atoms with E-state index in [2.05, 4.69) is 38.8 Å². The van der Waals surface area contributed by atoms with Crippen LogP contribution in [-0.2, 0) is 34.0 Å². The van der Waals surface area contributed by atoms with E-state index in [0.29, 0.717) is 23.9 Å². The average Bonchev–Trinajstić information content (AvgIpc) is 3.29. The maximum absolute atomic E-state index is 11.7. The highest BCUT2D eigenvalue weighted by Crippen LogP contribution is 2.28. The van der Waals surface area contributed by atoms with E-state index in [9.17, 15) is 26.4 Å². The first-order valence-electron chi connectivity index (χ1n) is 13.8. The van der Waals surface area contributed by atoms with Gasteiger partial charge in [-0.05, 0) is 47.5 Å². The molecule has 0 radical (unpaired) electrons. The smallest absolute Gasteiger partial charge is 0.399 e. The van der Waals surface area contributed by atoms with E-state index in [-0.39, 0.29) is 5.75 Å². The number of rotatable bonds is 10. The third-order valence-corrected chi connectivity index (χ3v) is 7.35. The first kappa shape index (κ1) is 33.7. The fourth-order valence-electron chi connectivity index (χ4n) is 4.40. The number of fused-ring (bicyclic) bond motifs is 1. The Bertz CT molecular complexity index is 1920. The maximum Gasteiger partial charge on any atom is 0.399 e. The molecule has 46 heavy (non-hydrogen) atoms. The van der Waals surface area contributed by atoms with Gasteiger partial charge in [-0.2, -0.15) is 18.2 Å². The number of anilines is 5. The van der Waals surface area contributed by atoms with Gasteiger partial charge in [-0.1, -0.05) is 42.5 Å². The predicted octanol–water partition coefficient (Wildman–Crippen LogP) is 6.05. The van der Waals surface area contributed by atoms with Crippen LogP contribution in [0.2, 0.25) is 0 Å². The van der Waals surface area contributed by atoms with Gasteiger partial charge in [-0.15, -0.1) is 0 Å². The first-order chi connectivity index (χ1) is 21.7. The largest absolute Gasteiger partial charge is 0.481 e. The van der Waals surface area contributed by atoms with E-state index in [4.69, 9.17) is 10.1 Å². The van der Waals surface area contributed by atoms with Crippen LogP contribution in [0, 0.1) is 0 Å². The van der Waals surface area contributed by atoms with Crippen molar-refractivity contribution >= 4 is 55.9 Å². The Morgan fingerprint density at radius 3 is 2.35 bits per heavy atom. The van der Waals surface area contributed by atoms with Crippen molar-refractivity contribution in [2.45, 2.75) is 24.9 Å². The molecule has 5 aromatic rings. The molecule has 2 aromatic heterocycles. The Labute approximate surface area is 263 Å². The average molecular weight is 656 g/mol. The second kappa shape index (κ2) is 14.3. The summed E-state index contributed by atoms with van der Waals surface area (Å²) >= 11 is 0. The summed E-state index contributed by atoms with van der Waals surface area (Å²) in [5.41, 5.74) is 5.45. The Hall–Kier alpha value is -5.18. The van der Waals surface area contributed by atoms with E-state index in [1.54, 1.807) is 18.3 Å². The Morgan fingerprint density at radius 2 is 1.70 bits per heavy atom. The van der Waals surface area contributed by atoms with Crippen LogP contribution in [0.4, 0.5) is 42.3 Å². The highest BCUT2D eigenvalue weighted by molar-refractivity contribution is 7.89. The molecule has 0 aliphatic carbocycles. The molecule has 0 unspecified atom stereocenters. The second-order valence-electron chi connectivity index (χ2n) is 10.4. The van der Waals surface area contributed by atoms with Crippen molar-refractivity contribution in [2.75, 3.05) is 28.8 Å².